The highest BCUT2D eigenvalue weighted by Crippen LogP contribution is 2.30. The van der Waals surface area contributed by atoms with E-state index in [2.05, 4.69) is 10.3 Å². The van der Waals surface area contributed by atoms with Crippen molar-refractivity contribution < 1.29 is 4.52 Å². The van der Waals surface area contributed by atoms with Crippen molar-refractivity contribution in [2.24, 2.45) is 7.05 Å². The second-order valence-corrected chi connectivity index (χ2v) is 4.02. The molecule has 5 nitrogen and oxygen atoms in total. The van der Waals surface area contributed by atoms with E-state index in [1.54, 1.807) is 4.68 Å². The molecule has 3 aromatic rings. The van der Waals surface area contributed by atoms with Crippen LogP contribution in [0.3, 0.4) is 0 Å². The van der Waals surface area contributed by atoms with E-state index < -0.39 is 0 Å². The number of benzene rings is 1. The molecule has 0 amide bonds. The molecule has 0 saturated heterocycles. The first-order valence-corrected chi connectivity index (χ1v) is 5.31. The molecule has 3 rings (SSSR count). The summed E-state index contributed by atoms with van der Waals surface area (Å²) >= 11 is 0. The molecule has 0 saturated carbocycles. The fourth-order valence-corrected chi connectivity index (χ4v) is 1.97. The number of anilines is 1. The van der Waals surface area contributed by atoms with Crippen molar-refractivity contribution in [1.29, 1.82) is 0 Å². The van der Waals surface area contributed by atoms with Crippen LogP contribution in [-0.2, 0) is 7.05 Å². The van der Waals surface area contributed by atoms with Gasteiger partial charge in [-0.25, -0.2) is 0 Å². The van der Waals surface area contributed by atoms with E-state index in [0.29, 0.717) is 5.82 Å². The summed E-state index contributed by atoms with van der Waals surface area (Å²) in [4.78, 5) is 0. The number of aromatic nitrogens is 3. The van der Waals surface area contributed by atoms with Gasteiger partial charge < -0.3 is 10.3 Å². The summed E-state index contributed by atoms with van der Waals surface area (Å²) in [5, 5.41) is 9.34. The zero-order valence-electron chi connectivity index (χ0n) is 9.64. The summed E-state index contributed by atoms with van der Waals surface area (Å²) in [7, 11) is 1.82. The molecule has 0 aliphatic heterocycles. The van der Waals surface area contributed by atoms with E-state index >= 15 is 0 Å². The van der Waals surface area contributed by atoms with Gasteiger partial charge in [0.1, 0.15) is 5.82 Å². The van der Waals surface area contributed by atoms with E-state index in [4.69, 9.17) is 10.3 Å². The van der Waals surface area contributed by atoms with Gasteiger partial charge in [0.2, 0.25) is 0 Å². The molecule has 0 fully saturated rings. The maximum absolute atomic E-state index is 5.80. The van der Waals surface area contributed by atoms with Gasteiger partial charge in [-0.15, -0.1) is 0 Å². The average Bonchev–Trinajstić information content (AvgIpc) is 2.84. The molecule has 0 aliphatic rings. The van der Waals surface area contributed by atoms with E-state index in [1.807, 2.05) is 38.2 Å². The number of fused-ring (bicyclic) bond motifs is 1. The number of rotatable bonds is 1. The second kappa shape index (κ2) is 3.35. The highest BCUT2D eigenvalue weighted by atomic mass is 16.5. The van der Waals surface area contributed by atoms with Crippen molar-refractivity contribution in [2.45, 2.75) is 6.92 Å². The van der Waals surface area contributed by atoms with Gasteiger partial charge in [0, 0.05) is 18.7 Å². The topological polar surface area (TPSA) is 69.9 Å². The highest BCUT2D eigenvalue weighted by molar-refractivity contribution is 5.94. The number of nitrogen functional groups attached to an aromatic ring is 1. The van der Waals surface area contributed by atoms with Crippen LogP contribution < -0.4 is 5.73 Å². The molecule has 17 heavy (non-hydrogen) atoms. The Bertz CT molecular complexity index is 676. The van der Waals surface area contributed by atoms with Gasteiger partial charge in [0.05, 0.1) is 16.8 Å². The minimum absolute atomic E-state index is 0.631. The highest BCUT2D eigenvalue weighted by Gasteiger charge is 2.13. The van der Waals surface area contributed by atoms with Crippen molar-refractivity contribution in [3.05, 3.63) is 30.0 Å². The van der Waals surface area contributed by atoms with Crippen molar-refractivity contribution in [3.8, 4) is 11.3 Å². The SMILES string of the molecule is Cc1noc2cccc(-c3cc(N)n(C)n3)c12. The standard InChI is InChI=1S/C12H12N4O/c1-7-12-8(4-3-5-10(12)17-15-7)9-6-11(13)16(2)14-9/h3-6H,13H2,1-2H3. The minimum atomic E-state index is 0.631. The van der Waals surface area contributed by atoms with Gasteiger partial charge in [0.15, 0.2) is 5.58 Å². The molecule has 0 aliphatic carbocycles. The van der Waals surface area contributed by atoms with Crippen LogP contribution in [-0.4, -0.2) is 14.9 Å². The van der Waals surface area contributed by atoms with Crippen LogP contribution in [0.1, 0.15) is 5.69 Å². The number of nitrogens with two attached hydrogens (primary N) is 1. The predicted octanol–water partition coefficient (Wildman–Crippen LogP) is 2.12. The second-order valence-electron chi connectivity index (χ2n) is 4.02. The van der Waals surface area contributed by atoms with Crippen LogP contribution in [0.25, 0.3) is 22.2 Å². The van der Waals surface area contributed by atoms with Gasteiger partial charge in [-0.05, 0) is 13.0 Å². The van der Waals surface area contributed by atoms with Crippen molar-refractivity contribution in [3.63, 3.8) is 0 Å². The molecule has 0 unspecified atom stereocenters. The van der Waals surface area contributed by atoms with E-state index in [-0.39, 0.29) is 0 Å². The average molecular weight is 228 g/mol. The lowest BCUT2D eigenvalue weighted by atomic mass is 10.1. The lowest BCUT2D eigenvalue weighted by Crippen LogP contribution is -1.96. The molecule has 2 N–H and O–H groups in total. The summed E-state index contributed by atoms with van der Waals surface area (Å²) in [6.45, 7) is 1.92. The third kappa shape index (κ3) is 1.39. The largest absolute Gasteiger partial charge is 0.384 e. The Labute approximate surface area is 97.8 Å². The van der Waals surface area contributed by atoms with E-state index in [0.717, 1.165) is 27.9 Å². The van der Waals surface area contributed by atoms with Gasteiger partial charge in [-0.1, -0.05) is 17.3 Å². The molecule has 1 aromatic carbocycles. The molecule has 2 aromatic heterocycles. The van der Waals surface area contributed by atoms with Crippen LogP contribution in [0.5, 0.6) is 0 Å². The summed E-state index contributed by atoms with van der Waals surface area (Å²) in [5.74, 6) is 0.631. The Kier molecular flexibility index (Phi) is 1.95. The molecule has 5 heteroatoms. The zero-order chi connectivity index (χ0) is 12.0. The lowest BCUT2D eigenvalue weighted by molar-refractivity contribution is 0.450. The molecule has 0 atom stereocenters. The van der Waals surface area contributed by atoms with Gasteiger partial charge in [-0.2, -0.15) is 5.10 Å². The Morgan fingerprint density at radius 3 is 2.88 bits per heavy atom. The Hall–Kier alpha value is -2.30. The summed E-state index contributed by atoms with van der Waals surface area (Å²) in [6.07, 6.45) is 0. The number of aryl methyl sites for hydroxylation is 2. The fraction of sp³-hybridized carbons (Fsp3) is 0.167. The Morgan fingerprint density at radius 1 is 1.35 bits per heavy atom. The summed E-state index contributed by atoms with van der Waals surface area (Å²) in [5.41, 5.74) is 9.25. The monoisotopic (exact) mass is 228 g/mol. The molecule has 0 spiro atoms. The molecule has 86 valence electrons. The third-order valence-corrected chi connectivity index (χ3v) is 2.86. The molecule has 0 radical (unpaired) electrons. The maximum atomic E-state index is 5.80. The van der Waals surface area contributed by atoms with Gasteiger partial charge in [0.25, 0.3) is 0 Å². The fourth-order valence-electron chi connectivity index (χ4n) is 1.97. The number of nitrogens with zero attached hydrogens (tertiary/aromatic N) is 3. The molecular weight excluding hydrogens is 216 g/mol. The smallest absolute Gasteiger partial charge is 0.167 e. The minimum Gasteiger partial charge on any atom is -0.384 e. The van der Waals surface area contributed by atoms with E-state index in [9.17, 15) is 0 Å². The van der Waals surface area contributed by atoms with Crippen LogP contribution in [0, 0.1) is 6.92 Å². The van der Waals surface area contributed by atoms with Crippen molar-refractivity contribution in [2.75, 3.05) is 5.73 Å². The Balaban J connectivity index is 2.33. The predicted molar refractivity (Wildman–Crippen MR) is 65.4 cm³/mol. The van der Waals surface area contributed by atoms with Crippen molar-refractivity contribution in [1.82, 2.24) is 14.9 Å². The molecule has 2 heterocycles. The first-order chi connectivity index (χ1) is 8.16. The van der Waals surface area contributed by atoms with E-state index in [1.165, 1.54) is 0 Å². The third-order valence-electron chi connectivity index (χ3n) is 2.86. The molecule has 0 bridgehead atoms. The number of hydrogen-bond donors (Lipinski definition) is 1. The Morgan fingerprint density at radius 2 is 2.18 bits per heavy atom. The quantitative estimate of drug-likeness (QED) is 0.692. The van der Waals surface area contributed by atoms with Crippen LogP contribution >= 0.6 is 0 Å². The lowest BCUT2D eigenvalue weighted by Gasteiger charge is -1.98. The van der Waals surface area contributed by atoms with Crippen LogP contribution in [0.2, 0.25) is 0 Å². The van der Waals surface area contributed by atoms with Crippen LogP contribution in [0.4, 0.5) is 5.82 Å². The van der Waals surface area contributed by atoms with Gasteiger partial charge >= 0.3 is 0 Å². The van der Waals surface area contributed by atoms with Crippen LogP contribution in [0.15, 0.2) is 28.8 Å². The normalized spacial score (nSPS) is 11.2. The maximum Gasteiger partial charge on any atom is 0.167 e. The summed E-state index contributed by atoms with van der Waals surface area (Å²) in [6, 6.07) is 7.66. The number of hydrogen-bond acceptors (Lipinski definition) is 4. The summed E-state index contributed by atoms with van der Waals surface area (Å²) < 4.78 is 6.88. The van der Waals surface area contributed by atoms with Crippen molar-refractivity contribution >= 4 is 16.8 Å². The first kappa shape index (κ1) is 9.89. The first-order valence-electron chi connectivity index (χ1n) is 5.31. The zero-order valence-corrected chi connectivity index (χ0v) is 9.64. The van der Waals surface area contributed by atoms with Gasteiger partial charge in [-0.3, -0.25) is 4.68 Å². The molecular formula is C12H12N4O.